The summed E-state index contributed by atoms with van der Waals surface area (Å²) in [6, 6.07) is 14.2. The maximum Gasteiger partial charge on any atom is 0.255 e. The van der Waals surface area contributed by atoms with Crippen molar-refractivity contribution in [1.29, 1.82) is 0 Å². The molecule has 0 unspecified atom stereocenters. The average molecular weight is 364 g/mol. The molecule has 0 radical (unpaired) electrons. The summed E-state index contributed by atoms with van der Waals surface area (Å²) in [6.07, 6.45) is 0.172. The molecule has 138 valence electrons. The number of amides is 2. The number of para-hydroxylation sites is 1. The molecule has 0 aliphatic heterocycles. The van der Waals surface area contributed by atoms with Gasteiger partial charge in [0.15, 0.2) is 11.0 Å². The van der Waals surface area contributed by atoms with Gasteiger partial charge in [0.05, 0.1) is 10.9 Å². The third kappa shape index (κ3) is 3.74. The van der Waals surface area contributed by atoms with Crippen molar-refractivity contribution in [2.45, 2.75) is 13.3 Å². The van der Waals surface area contributed by atoms with E-state index >= 15 is 0 Å². The van der Waals surface area contributed by atoms with Crippen molar-refractivity contribution >= 4 is 22.8 Å². The number of carbonyl (C=O) groups is 2. The van der Waals surface area contributed by atoms with E-state index in [1.54, 1.807) is 25.1 Å². The molecule has 1 heterocycles. The van der Waals surface area contributed by atoms with Gasteiger partial charge in [0.2, 0.25) is 5.91 Å². The van der Waals surface area contributed by atoms with Gasteiger partial charge in [0.1, 0.15) is 5.76 Å². The average Bonchev–Trinajstić information content (AvgIpc) is 2.70. The van der Waals surface area contributed by atoms with Crippen molar-refractivity contribution in [3.8, 4) is 11.3 Å². The van der Waals surface area contributed by atoms with E-state index in [4.69, 9.17) is 4.42 Å². The molecule has 0 saturated heterocycles. The smallest absolute Gasteiger partial charge is 0.255 e. The minimum absolute atomic E-state index is 0.165. The molecule has 2 aromatic carbocycles. The molecule has 0 bridgehead atoms. The molecular weight excluding hydrogens is 344 g/mol. The van der Waals surface area contributed by atoms with E-state index in [2.05, 4.69) is 10.6 Å². The highest BCUT2D eigenvalue weighted by atomic mass is 16.3. The topological polar surface area (TPSA) is 88.4 Å². The van der Waals surface area contributed by atoms with Crippen LogP contribution in [-0.4, -0.2) is 25.4 Å². The maximum atomic E-state index is 12.8. The summed E-state index contributed by atoms with van der Waals surface area (Å²) in [5, 5.41) is 5.54. The molecule has 6 nitrogen and oxygen atoms in total. The van der Waals surface area contributed by atoms with E-state index in [1.807, 2.05) is 30.3 Å². The number of hydrogen-bond acceptors (Lipinski definition) is 4. The van der Waals surface area contributed by atoms with Crippen LogP contribution in [0.4, 0.5) is 0 Å². The standard InChI is InChI=1S/C21H20N2O4/c1-13-18(25)15-9-6-10-16(21(26)23-12-11-17(24)22-2)20(15)27-19(13)14-7-4-3-5-8-14/h3-10H,11-12H2,1-2H3,(H,22,24)(H,23,26). The number of benzene rings is 2. The van der Waals surface area contributed by atoms with Gasteiger partial charge in [-0.1, -0.05) is 36.4 Å². The van der Waals surface area contributed by atoms with Gasteiger partial charge in [-0.2, -0.15) is 0 Å². The van der Waals surface area contributed by atoms with Gasteiger partial charge in [-0.15, -0.1) is 0 Å². The van der Waals surface area contributed by atoms with Crippen molar-refractivity contribution in [1.82, 2.24) is 10.6 Å². The van der Waals surface area contributed by atoms with Crippen molar-refractivity contribution in [3.63, 3.8) is 0 Å². The van der Waals surface area contributed by atoms with Crippen molar-refractivity contribution < 1.29 is 14.0 Å². The molecule has 0 saturated carbocycles. The Bertz CT molecular complexity index is 1050. The fourth-order valence-electron chi connectivity index (χ4n) is 2.86. The Balaban J connectivity index is 2.04. The highest BCUT2D eigenvalue weighted by molar-refractivity contribution is 6.05. The Morgan fingerprint density at radius 1 is 1.04 bits per heavy atom. The highest BCUT2D eigenvalue weighted by Crippen LogP contribution is 2.27. The van der Waals surface area contributed by atoms with E-state index < -0.39 is 5.91 Å². The van der Waals surface area contributed by atoms with Crippen LogP contribution in [0.25, 0.3) is 22.3 Å². The molecule has 0 fully saturated rings. The number of rotatable bonds is 5. The van der Waals surface area contributed by atoms with Crippen LogP contribution in [0.15, 0.2) is 57.7 Å². The first kappa shape index (κ1) is 18.4. The minimum Gasteiger partial charge on any atom is -0.455 e. The van der Waals surface area contributed by atoms with E-state index in [0.717, 1.165) is 5.56 Å². The van der Waals surface area contributed by atoms with E-state index in [9.17, 15) is 14.4 Å². The van der Waals surface area contributed by atoms with Gasteiger partial charge in [-0.05, 0) is 19.1 Å². The number of carbonyl (C=O) groups excluding carboxylic acids is 2. The van der Waals surface area contributed by atoms with Gasteiger partial charge >= 0.3 is 0 Å². The number of fused-ring (bicyclic) bond motifs is 1. The molecule has 0 spiro atoms. The zero-order valence-corrected chi connectivity index (χ0v) is 15.2. The molecule has 0 aliphatic rings. The van der Waals surface area contributed by atoms with Crippen molar-refractivity contribution in [3.05, 3.63) is 69.9 Å². The summed E-state index contributed by atoms with van der Waals surface area (Å²) in [6.45, 7) is 1.90. The first-order chi connectivity index (χ1) is 13.0. The van der Waals surface area contributed by atoms with Crippen molar-refractivity contribution in [2.24, 2.45) is 0 Å². The van der Waals surface area contributed by atoms with Crippen LogP contribution < -0.4 is 16.1 Å². The van der Waals surface area contributed by atoms with Crippen LogP contribution >= 0.6 is 0 Å². The van der Waals surface area contributed by atoms with Crippen LogP contribution in [0.2, 0.25) is 0 Å². The monoisotopic (exact) mass is 364 g/mol. The van der Waals surface area contributed by atoms with E-state index in [-0.39, 0.29) is 35.4 Å². The fraction of sp³-hybridized carbons (Fsp3) is 0.190. The van der Waals surface area contributed by atoms with E-state index in [0.29, 0.717) is 16.7 Å². The molecule has 2 amide bonds. The zero-order chi connectivity index (χ0) is 19.4. The summed E-state index contributed by atoms with van der Waals surface area (Å²) < 4.78 is 6.02. The van der Waals surface area contributed by atoms with Crippen LogP contribution in [0, 0.1) is 6.92 Å². The molecule has 6 heteroatoms. The summed E-state index contributed by atoms with van der Waals surface area (Å²) in [5.41, 5.74) is 1.59. The quantitative estimate of drug-likeness (QED) is 0.728. The van der Waals surface area contributed by atoms with Gasteiger partial charge in [-0.25, -0.2) is 0 Å². The first-order valence-corrected chi connectivity index (χ1v) is 8.63. The maximum absolute atomic E-state index is 12.8. The molecule has 1 aromatic heterocycles. The Kier molecular flexibility index (Phi) is 5.35. The van der Waals surface area contributed by atoms with Gasteiger partial charge in [-0.3, -0.25) is 14.4 Å². The lowest BCUT2D eigenvalue weighted by Gasteiger charge is -2.10. The van der Waals surface area contributed by atoms with Gasteiger partial charge < -0.3 is 15.1 Å². The van der Waals surface area contributed by atoms with Crippen LogP contribution in [0.1, 0.15) is 22.3 Å². The fourth-order valence-corrected chi connectivity index (χ4v) is 2.86. The molecule has 3 rings (SSSR count). The van der Waals surface area contributed by atoms with Crippen molar-refractivity contribution in [2.75, 3.05) is 13.6 Å². The minimum atomic E-state index is -0.393. The summed E-state index contributed by atoms with van der Waals surface area (Å²) in [7, 11) is 1.54. The third-order valence-corrected chi connectivity index (χ3v) is 4.34. The predicted octanol–water partition coefficient (Wildman–Crippen LogP) is 2.63. The Morgan fingerprint density at radius 3 is 2.48 bits per heavy atom. The Labute approximate surface area is 156 Å². The number of nitrogens with one attached hydrogen (secondary N) is 2. The molecule has 27 heavy (non-hydrogen) atoms. The zero-order valence-electron chi connectivity index (χ0n) is 15.2. The van der Waals surface area contributed by atoms with Gasteiger partial charge in [0, 0.05) is 31.1 Å². The van der Waals surface area contributed by atoms with Crippen LogP contribution in [0.5, 0.6) is 0 Å². The molecule has 0 atom stereocenters. The van der Waals surface area contributed by atoms with Crippen LogP contribution in [0.3, 0.4) is 0 Å². The molecule has 3 aromatic rings. The third-order valence-electron chi connectivity index (χ3n) is 4.34. The molecule has 0 aliphatic carbocycles. The Morgan fingerprint density at radius 2 is 1.78 bits per heavy atom. The van der Waals surface area contributed by atoms with Crippen LogP contribution in [-0.2, 0) is 4.79 Å². The normalized spacial score (nSPS) is 10.6. The highest BCUT2D eigenvalue weighted by Gasteiger charge is 2.18. The summed E-state index contributed by atoms with van der Waals surface area (Å²) in [5.74, 6) is -0.115. The van der Waals surface area contributed by atoms with Gasteiger partial charge in [0.25, 0.3) is 5.91 Å². The van der Waals surface area contributed by atoms with E-state index in [1.165, 1.54) is 7.05 Å². The Hall–Kier alpha value is -3.41. The summed E-state index contributed by atoms with van der Waals surface area (Å²) >= 11 is 0. The number of hydrogen-bond donors (Lipinski definition) is 2. The lowest BCUT2D eigenvalue weighted by Crippen LogP contribution is -2.29. The molecular formula is C21H20N2O4. The second-order valence-electron chi connectivity index (χ2n) is 6.11. The largest absolute Gasteiger partial charge is 0.455 e. The lowest BCUT2D eigenvalue weighted by molar-refractivity contribution is -0.120. The second-order valence-corrected chi connectivity index (χ2v) is 6.11. The molecule has 2 N–H and O–H groups in total. The lowest BCUT2D eigenvalue weighted by atomic mass is 10.0. The first-order valence-electron chi connectivity index (χ1n) is 8.63. The second kappa shape index (κ2) is 7.86. The SMILES string of the molecule is CNC(=O)CCNC(=O)c1cccc2c(=O)c(C)c(-c3ccccc3)oc12. The predicted molar refractivity (Wildman–Crippen MR) is 104 cm³/mol. The summed E-state index contributed by atoms with van der Waals surface area (Å²) in [4.78, 5) is 36.7.